The number of aryl methyl sites for hydroxylation is 2. The largest absolute Gasteiger partial charge is 0.357 e. The Bertz CT molecular complexity index is 790. The molecule has 0 aliphatic rings. The van der Waals surface area contributed by atoms with E-state index in [0.717, 1.165) is 22.1 Å². The predicted octanol–water partition coefficient (Wildman–Crippen LogP) is 2.31. The first kappa shape index (κ1) is 20.8. The van der Waals surface area contributed by atoms with Crippen molar-refractivity contribution in [2.24, 2.45) is 4.99 Å². The van der Waals surface area contributed by atoms with Crippen molar-refractivity contribution in [1.29, 1.82) is 0 Å². The summed E-state index contributed by atoms with van der Waals surface area (Å²) in [4.78, 5) is 22.0. The lowest BCUT2D eigenvalue weighted by Crippen LogP contribution is -2.41. The first-order valence-corrected chi connectivity index (χ1v) is 9.75. The number of thiazole rings is 1. The number of carbonyl (C=O) groups is 1. The van der Waals surface area contributed by atoms with E-state index in [0.29, 0.717) is 31.2 Å². The number of nitrogens with one attached hydrogen (secondary N) is 3. The van der Waals surface area contributed by atoms with Crippen LogP contribution in [0.3, 0.4) is 0 Å². The summed E-state index contributed by atoms with van der Waals surface area (Å²) in [5.41, 5.74) is 1.67. The fraction of sp³-hybridized carbons (Fsp3) is 0.421. The van der Waals surface area contributed by atoms with Gasteiger partial charge in [-0.3, -0.25) is 4.79 Å². The summed E-state index contributed by atoms with van der Waals surface area (Å²) in [7, 11) is 0. The molecule has 2 rings (SSSR count). The van der Waals surface area contributed by atoms with Crippen LogP contribution in [0.5, 0.6) is 0 Å². The van der Waals surface area contributed by atoms with E-state index in [1.165, 1.54) is 12.1 Å². The molecule has 0 fully saturated rings. The van der Waals surface area contributed by atoms with Crippen LogP contribution in [-0.2, 0) is 17.8 Å². The second-order valence-electron chi connectivity index (χ2n) is 6.02. The molecule has 0 aliphatic carbocycles. The maximum Gasteiger partial charge on any atom is 0.224 e. The second-order valence-corrected chi connectivity index (χ2v) is 7.31. The number of benzene rings is 1. The molecule has 6 nitrogen and oxygen atoms in total. The third-order valence-corrected chi connectivity index (χ3v) is 4.78. The fourth-order valence-electron chi connectivity index (χ4n) is 2.49. The molecule has 146 valence electrons. The molecule has 0 bridgehead atoms. The van der Waals surface area contributed by atoms with E-state index >= 15 is 0 Å². The number of rotatable bonds is 8. The van der Waals surface area contributed by atoms with Crippen molar-refractivity contribution in [1.82, 2.24) is 20.9 Å². The maximum atomic E-state index is 13.1. The Morgan fingerprint density at radius 2 is 2.00 bits per heavy atom. The minimum absolute atomic E-state index is 0.139. The Hall–Kier alpha value is -2.48. The number of guanidine groups is 1. The molecule has 27 heavy (non-hydrogen) atoms. The van der Waals surface area contributed by atoms with E-state index in [2.05, 4.69) is 25.9 Å². The van der Waals surface area contributed by atoms with E-state index < -0.39 is 0 Å². The number of aromatic nitrogens is 1. The summed E-state index contributed by atoms with van der Waals surface area (Å²) in [6.45, 7) is 8.29. The molecule has 8 heteroatoms. The zero-order chi connectivity index (χ0) is 19.6. The Labute approximate surface area is 163 Å². The van der Waals surface area contributed by atoms with Crippen LogP contribution >= 0.6 is 11.3 Å². The highest BCUT2D eigenvalue weighted by molar-refractivity contribution is 7.11. The Balaban J connectivity index is 1.76. The van der Waals surface area contributed by atoms with Crippen LogP contribution in [0.1, 0.15) is 28.1 Å². The van der Waals surface area contributed by atoms with Gasteiger partial charge in [0.25, 0.3) is 0 Å². The van der Waals surface area contributed by atoms with Gasteiger partial charge in [0.05, 0.1) is 23.7 Å². The molecule has 0 radical (unpaired) electrons. The van der Waals surface area contributed by atoms with Crippen LogP contribution in [-0.4, -0.2) is 36.5 Å². The summed E-state index contributed by atoms with van der Waals surface area (Å²) >= 11 is 1.65. The van der Waals surface area contributed by atoms with Crippen LogP contribution in [0.4, 0.5) is 4.39 Å². The van der Waals surface area contributed by atoms with Crippen LogP contribution in [0.25, 0.3) is 0 Å². The number of aliphatic imine (C=N–C) groups is 1. The van der Waals surface area contributed by atoms with E-state index in [1.54, 1.807) is 23.5 Å². The zero-order valence-corrected chi connectivity index (χ0v) is 16.8. The van der Waals surface area contributed by atoms with Crippen LogP contribution in [0.2, 0.25) is 0 Å². The SMILES string of the molecule is CCNC(=NCc1sc(C)nc1C)NCCNC(=O)Cc1cccc(F)c1. The van der Waals surface area contributed by atoms with Crippen molar-refractivity contribution < 1.29 is 9.18 Å². The third kappa shape index (κ3) is 7.34. The van der Waals surface area contributed by atoms with Gasteiger partial charge in [0, 0.05) is 24.5 Å². The van der Waals surface area contributed by atoms with Gasteiger partial charge in [0.2, 0.25) is 5.91 Å². The van der Waals surface area contributed by atoms with Gasteiger partial charge in [0.15, 0.2) is 5.96 Å². The van der Waals surface area contributed by atoms with E-state index in [4.69, 9.17) is 0 Å². The van der Waals surface area contributed by atoms with Gasteiger partial charge >= 0.3 is 0 Å². The summed E-state index contributed by atoms with van der Waals surface area (Å²) in [6.07, 6.45) is 0.163. The first-order valence-electron chi connectivity index (χ1n) is 8.94. The fourth-order valence-corrected chi connectivity index (χ4v) is 3.35. The quantitative estimate of drug-likeness (QED) is 0.367. The van der Waals surface area contributed by atoms with Gasteiger partial charge < -0.3 is 16.0 Å². The van der Waals surface area contributed by atoms with E-state index in [1.807, 2.05) is 20.8 Å². The molecule has 0 aliphatic heterocycles. The van der Waals surface area contributed by atoms with Crippen molar-refractivity contribution in [3.63, 3.8) is 0 Å². The Kier molecular flexibility index (Phi) is 8.19. The molecule has 0 saturated carbocycles. The maximum absolute atomic E-state index is 13.1. The standard InChI is InChI=1S/C19H26FN5OS/c1-4-21-19(24-12-17-13(2)25-14(3)27-17)23-9-8-22-18(26)11-15-6-5-7-16(20)10-15/h5-7,10H,4,8-9,11-12H2,1-3H3,(H,22,26)(H2,21,23,24). The number of hydrogen-bond donors (Lipinski definition) is 3. The van der Waals surface area contributed by atoms with Crippen LogP contribution < -0.4 is 16.0 Å². The third-order valence-electron chi connectivity index (χ3n) is 3.72. The summed E-state index contributed by atoms with van der Waals surface area (Å²) in [6, 6.07) is 6.07. The number of amides is 1. The molecule has 1 heterocycles. The lowest BCUT2D eigenvalue weighted by molar-refractivity contribution is -0.120. The summed E-state index contributed by atoms with van der Waals surface area (Å²) in [5.74, 6) is 0.224. The van der Waals surface area contributed by atoms with Gasteiger partial charge in [-0.25, -0.2) is 14.4 Å². The Morgan fingerprint density at radius 3 is 2.67 bits per heavy atom. The average molecular weight is 392 g/mol. The number of hydrogen-bond acceptors (Lipinski definition) is 4. The van der Waals surface area contributed by atoms with Crippen molar-refractivity contribution in [3.8, 4) is 0 Å². The average Bonchev–Trinajstić information content (AvgIpc) is 2.93. The lowest BCUT2D eigenvalue weighted by atomic mass is 10.1. The molecule has 1 amide bonds. The second kappa shape index (κ2) is 10.6. The first-order chi connectivity index (χ1) is 13.0. The Morgan fingerprint density at radius 1 is 1.22 bits per heavy atom. The monoisotopic (exact) mass is 391 g/mol. The molecule has 0 atom stereocenters. The molecule has 1 aromatic carbocycles. The normalized spacial score (nSPS) is 11.3. The molecule has 3 N–H and O–H groups in total. The minimum atomic E-state index is -0.333. The molecular weight excluding hydrogens is 365 g/mol. The van der Waals surface area contributed by atoms with Crippen molar-refractivity contribution >= 4 is 23.2 Å². The molecule has 0 unspecified atom stereocenters. The smallest absolute Gasteiger partial charge is 0.224 e. The summed E-state index contributed by atoms with van der Waals surface area (Å²) < 4.78 is 13.1. The molecule has 1 aromatic heterocycles. The van der Waals surface area contributed by atoms with Crippen molar-refractivity contribution in [2.45, 2.75) is 33.7 Å². The van der Waals surface area contributed by atoms with E-state index in [-0.39, 0.29) is 18.1 Å². The lowest BCUT2D eigenvalue weighted by Gasteiger charge is -2.12. The van der Waals surface area contributed by atoms with Crippen molar-refractivity contribution in [2.75, 3.05) is 19.6 Å². The highest BCUT2D eigenvalue weighted by atomic mass is 32.1. The van der Waals surface area contributed by atoms with Gasteiger partial charge in [-0.05, 0) is 38.5 Å². The highest BCUT2D eigenvalue weighted by Crippen LogP contribution is 2.17. The van der Waals surface area contributed by atoms with Gasteiger partial charge in [0.1, 0.15) is 5.82 Å². The highest BCUT2D eigenvalue weighted by Gasteiger charge is 2.06. The predicted molar refractivity (Wildman–Crippen MR) is 108 cm³/mol. The molecule has 0 saturated heterocycles. The number of nitrogens with zero attached hydrogens (tertiary/aromatic N) is 2. The van der Waals surface area contributed by atoms with Gasteiger partial charge in [-0.15, -0.1) is 11.3 Å². The van der Waals surface area contributed by atoms with Crippen LogP contribution in [0.15, 0.2) is 29.3 Å². The van der Waals surface area contributed by atoms with Gasteiger partial charge in [-0.1, -0.05) is 12.1 Å². The topological polar surface area (TPSA) is 78.4 Å². The molecular formula is C19H26FN5OS. The number of carbonyl (C=O) groups excluding carboxylic acids is 1. The van der Waals surface area contributed by atoms with Gasteiger partial charge in [-0.2, -0.15) is 0 Å². The summed E-state index contributed by atoms with van der Waals surface area (Å²) in [5, 5.41) is 10.2. The minimum Gasteiger partial charge on any atom is -0.357 e. The number of halogens is 1. The van der Waals surface area contributed by atoms with E-state index in [9.17, 15) is 9.18 Å². The van der Waals surface area contributed by atoms with Crippen LogP contribution in [0, 0.1) is 19.7 Å². The zero-order valence-electron chi connectivity index (χ0n) is 15.9. The molecule has 2 aromatic rings. The van der Waals surface area contributed by atoms with Crippen molar-refractivity contribution in [3.05, 3.63) is 51.2 Å². The molecule has 0 spiro atoms.